The molecule has 0 atom stereocenters. The van der Waals surface area contributed by atoms with E-state index in [9.17, 15) is 4.79 Å². The van der Waals surface area contributed by atoms with Crippen LogP contribution in [0, 0.1) is 0 Å². The topological polar surface area (TPSA) is 38.8 Å². The van der Waals surface area contributed by atoms with Crippen LogP contribution in [0.15, 0.2) is 24.3 Å². The number of esters is 1. The van der Waals surface area contributed by atoms with Crippen LogP contribution in [0.4, 0.5) is 0 Å². The van der Waals surface area contributed by atoms with Crippen molar-refractivity contribution in [3.63, 3.8) is 0 Å². The Morgan fingerprint density at radius 2 is 1.95 bits per heavy atom. The lowest BCUT2D eigenvalue weighted by atomic mass is 10.1. The zero-order chi connectivity index (χ0) is 14.2. The van der Waals surface area contributed by atoms with Gasteiger partial charge in [0.1, 0.15) is 11.3 Å². The molecule has 1 aliphatic heterocycles. The second kappa shape index (κ2) is 7.90. The molecule has 20 heavy (non-hydrogen) atoms. The van der Waals surface area contributed by atoms with Gasteiger partial charge in [0.25, 0.3) is 0 Å². The predicted molar refractivity (Wildman–Crippen MR) is 78.2 cm³/mol. The highest BCUT2D eigenvalue weighted by atomic mass is 16.5. The molecular weight excluding hydrogens is 254 g/mol. The summed E-state index contributed by atoms with van der Waals surface area (Å²) in [5, 5.41) is 0. The number of para-hydroxylation sites is 1. The summed E-state index contributed by atoms with van der Waals surface area (Å²) in [5.41, 5.74) is 0.493. The number of ether oxygens (including phenoxy) is 2. The van der Waals surface area contributed by atoms with Crippen LogP contribution in [0.3, 0.4) is 0 Å². The van der Waals surface area contributed by atoms with Gasteiger partial charge < -0.3 is 14.4 Å². The van der Waals surface area contributed by atoms with Gasteiger partial charge in [0, 0.05) is 6.54 Å². The molecule has 0 amide bonds. The smallest absolute Gasteiger partial charge is 0.341 e. The van der Waals surface area contributed by atoms with Crippen LogP contribution in [-0.2, 0) is 4.74 Å². The van der Waals surface area contributed by atoms with E-state index in [1.54, 1.807) is 19.2 Å². The second-order valence-electron chi connectivity index (χ2n) is 5.09. The van der Waals surface area contributed by atoms with Crippen molar-refractivity contribution in [2.45, 2.75) is 25.7 Å². The first-order valence-corrected chi connectivity index (χ1v) is 7.34. The Kier molecular flexibility index (Phi) is 5.87. The third-order valence-electron chi connectivity index (χ3n) is 3.63. The van der Waals surface area contributed by atoms with Crippen molar-refractivity contribution in [2.75, 3.05) is 33.4 Å². The fourth-order valence-electron chi connectivity index (χ4n) is 2.53. The van der Waals surface area contributed by atoms with Crippen molar-refractivity contribution in [1.29, 1.82) is 0 Å². The van der Waals surface area contributed by atoms with E-state index in [1.165, 1.54) is 32.4 Å². The van der Waals surface area contributed by atoms with Crippen LogP contribution >= 0.6 is 0 Å². The molecule has 1 fully saturated rings. The minimum absolute atomic E-state index is 0.305. The van der Waals surface area contributed by atoms with E-state index in [4.69, 9.17) is 9.47 Å². The van der Waals surface area contributed by atoms with Gasteiger partial charge >= 0.3 is 5.97 Å². The standard InChI is InChI=1S/C16H23NO3/c1-19-15-9-4-3-8-14(15)16(18)20-13-7-12-17-10-5-2-6-11-17/h3-4,8-9H,2,5-7,10-13H2,1H3. The van der Waals surface area contributed by atoms with Gasteiger partial charge in [-0.15, -0.1) is 0 Å². The molecule has 0 saturated carbocycles. The maximum Gasteiger partial charge on any atom is 0.341 e. The predicted octanol–water partition coefficient (Wildman–Crippen LogP) is 2.73. The zero-order valence-corrected chi connectivity index (χ0v) is 12.1. The number of hydrogen-bond acceptors (Lipinski definition) is 4. The summed E-state index contributed by atoms with van der Waals surface area (Å²) in [4.78, 5) is 14.4. The van der Waals surface area contributed by atoms with Crippen LogP contribution in [-0.4, -0.2) is 44.2 Å². The molecule has 0 aliphatic carbocycles. The molecule has 0 unspecified atom stereocenters. The number of nitrogens with zero attached hydrogens (tertiary/aromatic N) is 1. The fraction of sp³-hybridized carbons (Fsp3) is 0.562. The van der Waals surface area contributed by atoms with Crippen molar-refractivity contribution < 1.29 is 14.3 Å². The lowest BCUT2D eigenvalue weighted by molar-refractivity contribution is 0.0482. The van der Waals surface area contributed by atoms with Gasteiger partial charge in [-0.3, -0.25) is 0 Å². The molecule has 1 aromatic carbocycles. The van der Waals surface area contributed by atoms with E-state index in [-0.39, 0.29) is 5.97 Å². The van der Waals surface area contributed by atoms with E-state index in [0.717, 1.165) is 13.0 Å². The van der Waals surface area contributed by atoms with Gasteiger partial charge in [-0.1, -0.05) is 18.6 Å². The number of carbonyl (C=O) groups is 1. The highest BCUT2D eigenvalue weighted by molar-refractivity contribution is 5.92. The van der Waals surface area contributed by atoms with Crippen molar-refractivity contribution in [1.82, 2.24) is 4.90 Å². The van der Waals surface area contributed by atoms with Gasteiger partial charge in [0.15, 0.2) is 0 Å². The summed E-state index contributed by atoms with van der Waals surface area (Å²) in [5.74, 6) is 0.259. The molecule has 0 spiro atoms. The van der Waals surface area contributed by atoms with E-state index in [2.05, 4.69) is 4.90 Å². The number of likely N-dealkylation sites (tertiary alicyclic amines) is 1. The molecule has 110 valence electrons. The molecule has 0 N–H and O–H groups in total. The van der Waals surface area contributed by atoms with Gasteiger partial charge in [-0.05, 0) is 44.5 Å². The highest BCUT2D eigenvalue weighted by Gasteiger charge is 2.13. The second-order valence-corrected chi connectivity index (χ2v) is 5.09. The van der Waals surface area contributed by atoms with E-state index < -0.39 is 0 Å². The van der Waals surface area contributed by atoms with E-state index >= 15 is 0 Å². The molecular formula is C16H23NO3. The first-order valence-electron chi connectivity index (χ1n) is 7.34. The van der Waals surface area contributed by atoms with Crippen molar-refractivity contribution in [3.8, 4) is 5.75 Å². The third kappa shape index (κ3) is 4.23. The lowest BCUT2D eigenvalue weighted by Gasteiger charge is -2.26. The zero-order valence-electron chi connectivity index (χ0n) is 12.1. The molecule has 1 saturated heterocycles. The Hall–Kier alpha value is -1.55. The Morgan fingerprint density at radius 1 is 1.20 bits per heavy atom. The molecule has 0 bridgehead atoms. The maximum atomic E-state index is 12.0. The minimum Gasteiger partial charge on any atom is -0.496 e. The third-order valence-corrected chi connectivity index (χ3v) is 3.63. The van der Waals surface area contributed by atoms with Crippen molar-refractivity contribution >= 4 is 5.97 Å². The lowest BCUT2D eigenvalue weighted by Crippen LogP contribution is -2.31. The number of methoxy groups -OCH3 is 1. The molecule has 1 aromatic rings. The largest absolute Gasteiger partial charge is 0.496 e. The first-order chi connectivity index (χ1) is 9.81. The molecule has 4 heteroatoms. The quantitative estimate of drug-likeness (QED) is 0.592. The van der Waals surface area contributed by atoms with Gasteiger partial charge in [-0.25, -0.2) is 4.79 Å². The molecule has 4 nitrogen and oxygen atoms in total. The number of piperidine rings is 1. The maximum absolute atomic E-state index is 12.0. The molecule has 1 heterocycles. The average Bonchev–Trinajstić information content (AvgIpc) is 2.52. The van der Waals surface area contributed by atoms with Crippen molar-refractivity contribution in [3.05, 3.63) is 29.8 Å². The van der Waals surface area contributed by atoms with Crippen LogP contribution in [0.1, 0.15) is 36.0 Å². The molecule has 1 aliphatic rings. The molecule has 0 radical (unpaired) electrons. The summed E-state index contributed by atoms with van der Waals surface area (Å²) in [6.45, 7) is 3.84. The average molecular weight is 277 g/mol. The molecule has 0 aromatic heterocycles. The Balaban J connectivity index is 1.72. The van der Waals surface area contributed by atoms with Crippen LogP contribution < -0.4 is 4.74 Å². The fourth-order valence-corrected chi connectivity index (χ4v) is 2.53. The van der Waals surface area contributed by atoms with Gasteiger partial charge in [0.05, 0.1) is 13.7 Å². The van der Waals surface area contributed by atoms with Crippen molar-refractivity contribution in [2.24, 2.45) is 0 Å². The van der Waals surface area contributed by atoms with Gasteiger partial charge in [-0.2, -0.15) is 0 Å². The highest BCUT2D eigenvalue weighted by Crippen LogP contribution is 2.18. The van der Waals surface area contributed by atoms with Gasteiger partial charge in [0.2, 0.25) is 0 Å². The van der Waals surface area contributed by atoms with Crippen LogP contribution in [0.25, 0.3) is 0 Å². The first kappa shape index (κ1) is 14.9. The summed E-state index contributed by atoms with van der Waals surface area (Å²) in [6, 6.07) is 7.15. The van der Waals surface area contributed by atoms with E-state index in [0.29, 0.717) is 17.9 Å². The monoisotopic (exact) mass is 277 g/mol. The number of benzene rings is 1. The Morgan fingerprint density at radius 3 is 2.70 bits per heavy atom. The summed E-state index contributed by atoms with van der Waals surface area (Å²) in [6.07, 6.45) is 4.82. The van der Waals surface area contributed by atoms with Crippen LogP contribution in [0.2, 0.25) is 0 Å². The summed E-state index contributed by atoms with van der Waals surface area (Å²) >= 11 is 0. The van der Waals surface area contributed by atoms with E-state index in [1.807, 2.05) is 12.1 Å². The Labute approximate surface area is 120 Å². The summed E-state index contributed by atoms with van der Waals surface area (Å²) < 4.78 is 10.5. The summed E-state index contributed by atoms with van der Waals surface area (Å²) in [7, 11) is 1.56. The number of hydrogen-bond donors (Lipinski definition) is 0. The minimum atomic E-state index is -0.305. The Bertz CT molecular complexity index is 427. The van der Waals surface area contributed by atoms with Crippen LogP contribution in [0.5, 0.6) is 5.75 Å². The number of rotatable bonds is 6. The number of carbonyl (C=O) groups excluding carboxylic acids is 1. The SMILES string of the molecule is COc1ccccc1C(=O)OCCCN1CCCCC1. The normalized spacial score (nSPS) is 15.8. The molecule has 2 rings (SSSR count).